The molecule has 1 aromatic heterocycles. The third kappa shape index (κ3) is 1.43. The molecule has 0 bridgehead atoms. The highest BCUT2D eigenvalue weighted by Gasteiger charge is 2.15. The third-order valence-corrected chi connectivity index (χ3v) is 3.13. The standard InChI is InChI=1S/C13H14N2O/c1-9(16)7-10-4-5-11-12(8-10)15-6-2-3-13(15)14-11/h4-5,8H,2-3,6-7H2,1H3. The van der Waals surface area contributed by atoms with Crippen molar-refractivity contribution in [2.45, 2.75) is 32.7 Å². The molecule has 0 spiro atoms. The molecule has 16 heavy (non-hydrogen) atoms. The molecular formula is C13H14N2O. The summed E-state index contributed by atoms with van der Waals surface area (Å²) in [6.45, 7) is 2.69. The van der Waals surface area contributed by atoms with Crippen molar-refractivity contribution in [2.24, 2.45) is 0 Å². The zero-order valence-electron chi connectivity index (χ0n) is 9.36. The molecule has 0 aliphatic carbocycles. The number of benzene rings is 1. The molecule has 0 radical (unpaired) electrons. The van der Waals surface area contributed by atoms with Crippen LogP contribution in [0.25, 0.3) is 11.0 Å². The summed E-state index contributed by atoms with van der Waals surface area (Å²) in [6.07, 6.45) is 2.79. The van der Waals surface area contributed by atoms with Crippen LogP contribution >= 0.6 is 0 Å². The Morgan fingerprint density at radius 2 is 2.38 bits per heavy atom. The van der Waals surface area contributed by atoms with Crippen LogP contribution in [0.5, 0.6) is 0 Å². The minimum absolute atomic E-state index is 0.209. The van der Waals surface area contributed by atoms with E-state index in [0.717, 1.165) is 24.0 Å². The van der Waals surface area contributed by atoms with E-state index in [2.05, 4.69) is 15.6 Å². The molecule has 3 rings (SSSR count). The van der Waals surface area contributed by atoms with Gasteiger partial charge in [-0.1, -0.05) is 6.07 Å². The van der Waals surface area contributed by atoms with Crippen molar-refractivity contribution in [3.05, 3.63) is 29.6 Å². The fourth-order valence-electron chi connectivity index (χ4n) is 2.45. The lowest BCUT2D eigenvalue weighted by Gasteiger charge is -2.01. The summed E-state index contributed by atoms with van der Waals surface area (Å²) in [7, 11) is 0. The van der Waals surface area contributed by atoms with Gasteiger partial charge in [0, 0.05) is 19.4 Å². The highest BCUT2D eigenvalue weighted by molar-refractivity contribution is 5.82. The zero-order chi connectivity index (χ0) is 11.1. The first-order chi connectivity index (χ1) is 7.74. The number of rotatable bonds is 2. The van der Waals surface area contributed by atoms with Crippen molar-refractivity contribution in [2.75, 3.05) is 0 Å². The van der Waals surface area contributed by atoms with Crippen molar-refractivity contribution >= 4 is 16.8 Å². The second kappa shape index (κ2) is 3.44. The lowest BCUT2D eigenvalue weighted by Crippen LogP contribution is -1.97. The molecule has 1 aliphatic rings. The van der Waals surface area contributed by atoms with Gasteiger partial charge in [-0.3, -0.25) is 4.79 Å². The van der Waals surface area contributed by atoms with E-state index in [4.69, 9.17) is 0 Å². The number of aryl methyl sites for hydroxylation is 2. The van der Waals surface area contributed by atoms with Crippen LogP contribution in [0.2, 0.25) is 0 Å². The normalized spacial score (nSPS) is 14.3. The SMILES string of the molecule is CC(=O)Cc1ccc2nc3n(c2c1)CCC3. The van der Waals surface area contributed by atoms with E-state index in [1.165, 1.54) is 17.8 Å². The highest BCUT2D eigenvalue weighted by Crippen LogP contribution is 2.23. The quantitative estimate of drug-likeness (QED) is 0.767. The van der Waals surface area contributed by atoms with Crippen LogP contribution in [0.4, 0.5) is 0 Å². The Bertz CT molecular complexity index is 569. The first-order valence-corrected chi connectivity index (χ1v) is 5.71. The predicted octanol–water partition coefficient (Wildman–Crippen LogP) is 2.11. The zero-order valence-corrected chi connectivity index (χ0v) is 9.36. The van der Waals surface area contributed by atoms with Crippen molar-refractivity contribution < 1.29 is 4.79 Å². The van der Waals surface area contributed by atoms with Gasteiger partial charge in [0.2, 0.25) is 0 Å². The molecule has 2 aromatic rings. The highest BCUT2D eigenvalue weighted by atomic mass is 16.1. The summed E-state index contributed by atoms with van der Waals surface area (Å²) in [5.74, 6) is 1.40. The van der Waals surface area contributed by atoms with E-state index < -0.39 is 0 Å². The summed E-state index contributed by atoms with van der Waals surface area (Å²) >= 11 is 0. The van der Waals surface area contributed by atoms with Crippen LogP contribution in [0.1, 0.15) is 24.7 Å². The van der Waals surface area contributed by atoms with E-state index in [-0.39, 0.29) is 5.78 Å². The molecule has 0 fully saturated rings. The van der Waals surface area contributed by atoms with Crippen LogP contribution in [0.3, 0.4) is 0 Å². The van der Waals surface area contributed by atoms with Gasteiger partial charge in [-0.2, -0.15) is 0 Å². The lowest BCUT2D eigenvalue weighted by molar-refractivity contribution is -0.116. The molecule has 0 atom stereocenters. The number of carbonyl (C=O) groups excluding carboxylic acids is 1. The maximum atomic E-state index is 11.1. The number of Topliss-reactive ketones (excluding diaryl/α,β-unsaturated/α-hetero) is 1. The average Bonchev–Trinajstić information content (AvgIpc) is 2.77. The van der Waals surface area contributed by atoms with Gasteiger partial charge in [-0.05, 0) is 31.0 Å². The fraction of sp³-hybridized carbons (Fsp3) is 0.385. The maximum Gasteiger partial charge on any atom is 0.134 e. The molecule has 0 unspecified atom stereocenters. The second-order valence-electron chi connectivity index (χ2n) is 4.49. The molecule has 82 valence electrons. The predicted molar refractivity (Wildman–Crippen MR) is 62.4 cm³/mol. The molecule has 1 aliphatic heterocycles. The number of carbonyl (C=O) groups is 1. The summed E-state index contributed by atoms with van der Waals surface area (Å²) < 4.78 is 2.28. The van der Waals surface area contributed by atoms with Crippen LogP contribution in [0, 0.1) is 0 Å². The maximum absolute atomic E-state index is 11.1. The number of nitrogens with zero attached hydrogens (tertiary/aromatic N) is 2. The Labute approximate surface area is 94.1 Å². The van der Waals surface area contributed by atoms with Gasteiger partial charge in [0.25, 0.3) is 0 Å². The number of fused-ring (bicyclic) bond motifs is 3. The lowest BCUT2D eigenvalue weighted by atomic mass is 10.1. The van der Waals surface area contributed by atoms with Gasteiger partial charge in [0.05, 0.1) is 11.0 Å². The summed E-state index contributed by atoms with van der Waals surface area (Å²) in [6, 6.07) is 6.14. The minimum atomic E-state index is 0.209. The molecule has 0 N–H and O–H groups in total. The summed E-state index contributed by atoms with van der Waals surface area (Å²) in [5.41, 5.74) is 3.34. The number of ketones is 1. The smallest absolute Gasteiger partial charge is 0.134 e. The molecule has 2 heterocycles. The number of imidazole rings is 1. The van der Waals surface area contributed by atoms with Gasteiger partial charge < -0.3 is 4.57 Å². The second-order valence-corrected chi connectivity index (χ2v) is 4.49. The Kier molecular flexibility index (Phi) is 2.06. The number of aromatic nitrogens is 2. The van der Waals surface area contributed by atoms with E-state index in [0.29, 0.717) is 6.42 Å². The third-order valence-electron chi connectivity index (χ3n) is 3.13. The van der Waals surface area contributed by atoms with Gasteiger partial charge in [0.1, 0.15) is 11.6 Å². The van der Waals surface area contributed by atoms with Crippen LogP contribution < -0.4 is 0 Å². The number of hydrogen-bond donors (Lipinski definition) is 0. The summed E-state index contributed by atoms with van der Waals surface area (Å²) in [5, 5.41) is 0. The van der Waals surface area contributed by atoms with Crippen LogP contribution in [-0.2, 0) is 24.2 Å². The van der Waals surface area contributed by atoms with E-state index in [1.807, 2.05) is 12.1 Å². The fourth-order valence-corrected chi connectivity index (χ4v) is 2.45. The average molecular weight is 214 g/mol. The van der Waals surface area contributed by atoms with Gasteiger partial charge in [-0.25, -0.2) is 4.98 Å². The van der Waals surface area contributed by atoms with Crippen molar-refractivity contribution in [1.29, 1.82) is 0 Å². The van der Waals surface area contributed by atoms with Crippen LogP contribution in [0.15, 0.2) is 18.2 Å². The Hall–Kier alpha value is -1.64. The van der Waals surface area contributed by atoms with Gasteiger partial charge >= 0.3 is 0 Å². The Morgan fingerprint density at radius 3 is 3.19 bits per heavy atom. The molecule has 3 heteroatoms. The topological polar surface area (TPSA) is 34.9 Å². The molecule has 0 saturated heterocycles. The molecule has 1 aromatic carbocycles. The Morgan fingerprint density at radius 1 is 1.50 bits per heavy atom. The van der Waals surface area contributed by atoms with Crippen molar-refractivity contribution in [3.8, 4) is 0 Å². The van der Waals surface area contributed by atoms with Gasteiger partial charge in [-0.15, -0.1) is 0 Å². The van der Waals surface area contributed by atoms with Crippen molar-refractivity contribution in [1.82, 2.24) is 9.55 Å². The van der Waals surface area contributed by atoms with E-state index in [1.54, 1.807) is 6.92 Å². The van der Waals surface area contributed by atoms with E-state index in [9.17, 15) is 4.79 Å². The molecule has 0 amide bonds. The first kappa shape index (κ1) is 9.58. The van der Waals surface area contributed by atoms with E-state index >= 15 is 0 Å². The monoisotopic (exact) mass is 214 g/mol. The molecular weight excluding hydrogens is 200 g/mol. The number of hydrogen-bond acceptors (Lipinski definition) is 2. The van der Waals surface area contributed by atoms with Crippen molar-refractivity contribution in [3.63, 3.8) is 0 Å². The largest absolute Gasteiger partial charge is 0.328 e. The first-order valence-electron chi connectivity index (χ1n) is 5.71. The minimum Gasteiger partial charge on any atom is -0.328 e. The molecule has 3 nitrogen and oxygen atoms in total. The summed E-state index contributed by atoms with van der Waals surface area (Å²) in [4.78, 5) is 15.7. The van der Waals surface area contributed by atoms with Crippen LogP contribution in [-0.4, -0.2) is 15.3 Å². The van der Waals surface area contributed by atoms with Gasteiger partial charge in [0.15, 0.2) is 0 Å². The molecule has 0 saturated carbocycles. The Balaban J connectivity index is 2.12.